The van der Waals surface area contributed by atoms with Crippen LogP contribution in [0.25, 0.3) is 0 Å². The number of nitrogens with zero attached hydrogens (tertiary/aromatic N) is 2. The number of benzene rings is 1. The van der Waals surface area contributed by atoms with Gasteiger partial charge in [0.05, 0.1) is 5.69 Å². The van der Waals surface area contributed by atoms with Crippen LogP contribution < -0.4 is 10.2 Å². The second-order valence-electron chi connectivity index (χ2n) is 5.28. The summed E-state index contributed by atoms with van der Waals surface area (Å²) in [6.07, 6.45) is 1.06. The normalized spacial score (nSPS) is 11.1. The van der Waals surface area contributed by atoms with Gasteiger partial charge in [0.2, 0.25) is 0 Å². The van der Waals surface area contributed by atoms with Crippen LogP contribution in [0.5, 0.6) is 0 Å². The van der Waals surface area contributed by atoms with E-state index < -0.39 is 0 Å². The van der Waals surface area contributed by atoms with E-state index in [-0.39, 0.29) is 5.82 Å². The minimum atomic E-state index is -0.118. The summed E-state index contributed by atoms with van der Waals surface area (Å²) in [5.41, 5.74) is 1.70. The predicted molar refractivity (Wildman–Crippen MR) is 89.5 cm³/mol. The van der Waals surface area contributed by atoms with Gasteiger partial charge >= 0.3 is 0 Å². The van der Waals surface area contributed by atoms with E-state index >= 15 is 0 Å². The van der Waals surface area contributed by atoms with Gasteiger partial charge in [0, 0.05) is 19.6 Å². The average Bonchev–Trinajstić information content (AvgIpc) is 2.49. The van der Waals surface area contributed by atoms with Gasteiger partial charge in [0.25, 0.3) is 0 Å². The molecule has 1 rings (SSSR count). The monoisotopic (exact) mass is 295 g/mol. The summed E-state index contributed by atoms with van der Waals surface area (Å²) in [4.78, 5) is 4.53. The number of hydrogen-bond donors (Lipinski definition) is 1. The Morgan fingerprint density at radius 1 is 1.05 bits per heavy atom. The maximum absolute atomic E-state index is 14.2. The lowest BCUT2D eigenvalue weighted by Gasteiger charge is -2.26. The number of rotatable bonds is 10. The highest BCUT2D eigenvalue weighted by Crippen LogP contribution is 2.20. The largest absolute Gasteiger partial charge is 0.369 e. The third-order valence-electron chi connectivity index (χ3n) is 3.91. The molecule has 0 spiro atoms. The molecule has 0 aromatic heterocycles. The minimum absolute atomic E-state index is 0.118. The first kappa shape index (κ1) is 17.9. The molecule has 0 heterocycles. The van der Waals surface area contributed by atoms with Crippen LogP contribution in [-0.4, -0.2) is 44.7 Å². The molecule has 1 N–H and O–H groups in total. The van der Waals surface area contributed by atoms with Crippen molar-refractivity contribution in [2.45, 2.75) is 33.7 Å². The molecule has 120 valence electrons. The van der Waals surface area contributed by atoms with E-state index in [1.807, 2.05) is 19.2 Å². The highest BCUT2D eigenvalue weighted by Gasteiger charge is 2.11. The molecule has 0 saturated carbocycles. The summed E-state index contributed by atoms with van der Waals surface area (Å²) in [5, 5.41) is 3.05. The Labute approximate surface area is 129 Å². The lowest BCUT2D eigenvalue weighted by atomic mass is 10.1. The number of anilines is 1. The van der Waals surface area contributed by atoms with Crippen LogP contribution >= 0.6 is 0 Å². The topological polar surface area (TPSA) is 18.5 Å². The zero-order chi connectivity index (χ0) is 15.7. The van der Waals surface area contributed by atoms with Crippen LogP contribution in [0.3, 0.4) is 0 Å². The quantitative estimate of drug-likeness (QED) is 0.715. The van der Waals surface area contributed by atoms with E-state index in [4.69, 9.17) is 0 Å². The molecule has 0 aliphatic heterocycles. The molecular weight excluding hydrogens is 265 g/mol. The molecule has 4 heteroatoms. The lowest BCUT2D eigenvalue weighted by Crippen LogP contribution is -2.30. The molecule has 1 aromatic rings. The van der Waals surface area contributed by atoms with Crippen LogP contribution in [0.1, 0.15) is 32.8 Å². The highest BCUT2D eigenvalue weighted by atomic mass is 19.1. The number of hydrogen-bond acceptors (Lipinski definition) is 3. The Bertz CT molecular complexity index is 405. The van der Waals surface area contributed by atoms with Crippen molar-refractivity contribution in [1.82, 2.24) is 10.2 Å². The summed E-state index contributed by atoms with van der Waals surface area (Å²) in [5.74, 6) is -0.118. The lowest BCUT2D eigenvalue weighted by molar-refractivity contribution is 0.300. The first-order valence-electron chi connectivity index (χ1n) is 8.06. The maximum atomic E-state index is 14.2. The van der Waals surface area contributed by atoms with Gasteiger partial charge in [-0.15, -0.1) is 0 Å². The van der Waals surface area contributed by atoms with Crippen LogP contribution in [0.2, 0.25) is 0 Å². The molecule has 0 aliphatic carbocycles. The standard InChI is InChI=1S/C17H30FN3/c1-5-20(6-2)11-8-12-21(7-3)17-10-9-15(14-19-4)13-16(17)18/h9-10,13,19H,5-8,11-12,14H2,1-4H3. The molecule has 0 fully saturated rings. The van der Waals surface area contributed by atoms with Gasteiger partial charge in [-0.25, -0.2) is 4.39 Å². The summed E-state index contributed by atoms with van der Waals surface area (Å²) >= 11 is 0. The zero-order valence-corrected chi connectivity index (χ0v) is 14.0. The zero-order valence-electron chi connectivity index (χ0n) is 14.0. The second kappa shape index (κ2) is 9.74. The van der Waals surface area contributed by atoms with Gasteiger partial charge in [-0.2, -0.15) is 0 Å². The molecule has 0 saturated heterocycles. The Hall–Kier alpha value is -1.13. The maximum Gasteiger partial charge on any atom is 0.146 e. The number of halogens is 1. The van der Waals surface area contributed by atoms with Crippen molar-refractivity contribution in [3.63, 3.8) is 0 Å². The van der Waals surface area contributed by atoms with Crippen molar-refractivity contribution < 1.29 is 4.39 Å². The third kappa shape index (κ3) is 5.64. The molecule has 0 atom stereocenters. The third-order valence-corrected chi connectivity index (χ3v) is 3.91. The first-order chi connectivity index (χ1) is 10.2. The van der Waals surface area contributed by atoms with Crippen molar-refractivity contribution in [3.8, 4) is 0 Å². The van der Waals surface area contributed by atoms with Gasteiger partial charge in [-0.05, 0) is 57.7 Å². The molecule has 21 heavy (non-hydrogen) atoms. The first-order valence-corrected chi connectivity index (χ1v) is 8.06. The summed E-state index contributed by atoms with van der Waals surface area (Å²) in [6.45, 7) is 12.1. The molecular formula is C17H30FN3. The van der Waals surface area contributed by atoms with Gasteiger partial charge < -0.3 is 15.1 Å². The Morgan fingerprint density at radius 3 is 2.29 bits per heavy atom. The SMILES string of the molecule is CCN(CC)CCCN(CC)c1ccc(CNC)cc1F. The molecule has 0 unspecified atom stereocenters. The van der Waals surface area contributed by atoms with Crippen molar-refractivity contribution >= 4 is 5.69 Å². The average molecular weight is 295 g/mol. The second-order valence-corrected chi connectivity index (χ2v) is 5.28. The van der Waals surface area contributed by atoms with E-state index in [1.54, 1.807) is 6.07 Å². The van der Waals surface area contributed by atoms with E-state index in [1.165, 1.54) is 0 Å². The Morgan fingerprint density at radius 2 is 1.76 bits per heavy atom. The summed E-state index contributed by atoms with van der Waals surface area (Å²) in [6, 6.07) is 5.55. The minimum Gasteiger partial charge on any atom is -0.369 e. The van der Waals surface area contributed by atoms with Gasteiger partial charge in [0.15, 0.2) is 0 Å². The van der Waals surface area contributed by atoms with Gasteiger partial charge in [-0.3, -0.25) is 0 Å². The summed E-state index contributed by atoms with van der Waals surface area (Å²) in [7, 11) is 1.87. The summed E-state index contributed by atoms with van der Waals surface area (Å²) < 4.78 is 14.2. The van der Waals surface area contributed by atoms with Gasteiger partial charge in [-0.1, -0.05) is 19.9 Å². The molecule has 0 amide bonds. The molecule has 0 aliphatic rings. The van der Waals surface area contributed by atoms with E-state index in [0.717, 1.165) is 50.4 Å². The molecule has 1 aromatic carbocycles. The van der Waals surface area contributed by atoms with E-state index in [2.05, 4.69) is 35.9 Å². The fourth-order valence-corrected chi connectivity index (χ4v) is 2.59. The van der Waals surface area contributed by atoms with Crippen LogP contribution in [-0.2, 0) is 6.54 Å². The van der Waals surface area contributed by atoms with Crippen molar-refractivity contribution in [2.24, 2.45) is 0 Å². The Balaban J connectivity index is 2.63. The smallest absolute Gasteiger partial charge is 0.146 e. The van der Waals surface area contributed by atoms with Crippen molar-refractivity contribution in [1.29, 1.82) is 0 Å². The van der Waals surface area contributed by atoms with Crippen LogP contribution in [0.4, 0.5) is 10.1 Å². The molecule has 0 bridgehead atoms. The fraction of sp³-hybridized carbons (Fsp3) is 0.647. The van der Waals surface area contributed by atoms with Crippen LogP contribution in [0, 0.1) is 5.82 Å². The van der Waals surface area contributed by atoms with Crippen molar-refractivity contribution in [2.75, 3.05) is 44.7 Å². The predicted octanol–water partition coefficient (Wildman–Crippen LogP) is 3.10. The molecule has 0 radical (unpaired) electrons. The van der Waals surface area contributed by atoms with Gasteiger partial charge in [0.1, 0.15) is 5.82 Å². The number of nitrogens with one attached hydrogen (secondary N) is 1. The molecule has 3 nitrogen and oxygen atoms in total. The van der Waals surface area contributed by atoms with Crippen molar-refractivity contribution in [3.05, 3.63) is 29.6 Å². The van der Waals surface area contributed by atoms with Crippen LogP contribution in [0.15, 0.2) is 18.2 Å². The Kier molecular flexibility index (Phi) is 8.31. The highest BCUT2D eigenvalue weighted by molar-refractivity contribution is 5.49. The fourth-order valence-electron chi connectivity index (χ4n) is 2.59. The van der Waals surface area contributed by atoms with E-state index in [9.17, 15) is 4.39 Å². The van der Waals surface area contributed by atoms with E-state index in [0.29, 0.717) is 6.54 Å².